The van der Waals surface area contributed by atoms with E-state index in [1.54, 1.807) is 23.1 Å². The van der Waals surface area contributed by atoms with Gasteiger partial charge >= 0.3 is 5.97 Å². The molecule has 9 nitrogen and oxygen atoms in total. The summed E-state index contributed by atoms with van der Waals surface area (Å²) in [7, 11) is 2.70. The summed E-state index contributed by atoms with van der Waals surface area (Å²) in [4.78, 5) is 51.5. The molecule has 0 aromatic heterocycles. The molecule has 0 radical (unpaired) electrons. The SMILES string of the molecule is COC(=O)COc1c(Br)cc(/C=C2/SC(=O)N(CC(=O)N3CCCC3)C2=O)cc1OC. The molecule has 2 fully saturated rings. The van der Waals surface area contributed by atoms with Crippen molar-refractivity contribution < 1.29 is 33.4 Å². The van der Waals surface area contributed by atoms with Crippen molar-refractivity contribution in [2.45, 2.75) is 12.8 Å². The molecule has 2 aliphatic rings. The Kier molecular flexibility index (Phi) is 7.60. The third kappa shape index (κ3) is 5.40. The van der Waals surface area contributed by atoms with Crippen molar-refractivity contribution in [3.8, 4) is 11.5 Å². The standard InChI is InChI=1S/C20H21BrN2O7S/c1-28-14-8-12(7-13(21)18(14)30-11-17(25)29-2)9-15-19(26)23(20(27)31-15)10-16(24)22-5-3-4-6-22/h7-9H,3-6,10-11H2,1-2H3/b15-9+. The third-order valence-electron chi connectivity index (χ3n) is 4.74. The van der Waals surface area contributed by atoms with Crippen molar-refractivity contribution in [1.29, 1.82) is 0 Å². The lowest BCUT2D eigenvalue weighted by molar-refractivity contribution is -0.143. The van der Waals surface area contributed by atoms with Gasteiger partial charge in [-0.2, -0.15) is 0 Å². The summed E-state index contributed by atoms with van der Waals surface area (Å²) in [5.74, 6) is -0.654. The lowest BCUT2D eigenvalue weighted by atomic mass is 10.2. The number of ether oxygens (including phenoxy) is 3. The highest BCUT2D eigenvalue weighted by molar-refractivity contribution is 9.10. The van der Waals surface area contributed by atoms with E-state index in [-0.39, 0.29) is 24.0 Å². The average Bonchev–Trinajstić information content (AvgIpc) is 3.37. The van der Waals surface area contributed by atoms with E-state index in [4.69, 9.17) is 9.47 Å². The monoisotopic (exact) mass is 512 g/mol. The Labute approximate surface area is 191 Å². The zero-order valence-electron chi connectivity index (χ0n) is 17.0. The predicted molar refractivity (Wildman–Crippen MR) is 117 cm³/mol. The molecule has 3 rings (SSSR count). The van der Waals surface area contributed by atoms with Gasteiger partial charge in [-0.1, -0.05) is 0 Å². The van der Waals surface area contributed by atoms with E-state index in [9.17, 15) is 19.2 Å². The number of halogens is 1. The highest BCUT2D eigenvalue weighted by Gasteiger charge is 2.37. The smallest absolute Gasteiger partial charge is 0.343 e. The molecule has 0 N–H and O–H groups in total. The molecule has 0 spiro atoms. The summed E-state index contributed by atoms with van der Waals surface area (Å²) in [5, 5.41) is -0.479. The van der Waals surface area contributed by atoms with Gasteiger partial charge in [0.05, 0.1) is 23.6 Å². The molecule has 11 heteroatoms. The second kappa shape index (κ2) is 10.2. The topological polar surface area (TPSA) is 102 Å². The van der Waals surface area contributed by atoms with E-state index < -0.39 is 17.1 Å². The van der Waals surface area contributed by atoms with Crippen LogP contribution in [0.25, 0.3) is 6.08 Å². The molecule has 0 bridgehead atoms. The molecule has 0 aliphatic carbocycles. The van der Waals surface area contributed by atoms with Gasteiger partial charge in [0.1, 0.15) is 6.54 Å². The maximum atomic E-state index is 12.7. The Balaban J connectivity index is 1.77. The maximum Gasteiger partial charge on any atom is 0.343 e. The van der Waals surface area contributed by atoms with Gasteiger partial charge in [0.25, 0.3) is 11.1 Å². The number of methoxy groups -OCH3 is 2. The van der Waals surface area contributed by atoms with Gasteiger partial charge < -0.3 is 19.1 Å². The summed E-state index contributed by atoms with van der Waals surface area (Å²) < 4.78 is 15.8. The van der Waals surface area contributed by atoms with E-state index in [0.717, 1.165) is 29.5 Å². The summed E-state index contributed by atoms with van der Waals surface area (Å²) in [5.41, 5.74) is 0.575. The van der Waals surface area contributed by atoms with Crippen LogP contribution in [0.2, 0.25) is 0 Å². The van der Waals surface area contributed by atoms with Crippen LogP contribution in [0.3, 0.4) is 0 Å². The minimum absolute atomic E-state index is 0.205. The second-order valence-electron chi connectivity index (χ2n) is 6.75. The minimum Gasteiger partial charge on any atom is -0.493 e. The number of amides is 3. The second-order valence-corrected chi connectivity index (χ2v) is 8.60. The van der Waals surface area contributed by atoms with E-state index in [2.05, 4.69) is 20.7 Å². The third-order valence-corrected chi connectivity index (χ3v) is 6.23. The number of hydrogen-bond acceptors (Lipinski definition) is 8. The number of esters is 1. The molecule has 3 amide bonds. The van der Waals surface area contributed by atoms with Crippen LogP contribution in [0, 0.1) is 0 Å². The molecule has 166 valence electrons. The molecule has 1 aromatic rings. The van der Waals surface area contributed by atoms with Gasteiger partial charge in [-0.15, -0.1) is 0 Å². The van der Waals surface area contributed by atoms with Gasteiger partial charge in [-0.05, 0) is 64.3 Å². The van der Waals surface area contributed by atoms with Gasteiger partial charge in [0, 0.05) is 13.1 Å². The van der Waals surface area contributed by atoms with E-state index in [0.29, 0.717) is 34.6 Å². The first-order valence-corrected chi connectivity index (χ1v) is 11.0. The number of carbonyl (C=O) groups is 4. The lowest BCUT2D eigenvalue weighted by Crippen LogP contribution is -2.40. The van der Waals surface area contributed by atoms with Crippen LogP contribution in [0.1, 0.15) is 18.4 Å². The number of benzene rings is 1. The Morgan fingerprint density at radius 1 is 1.19 bits per heavy atom. The number of rotatable bonds is 7. The fourth-order valence-electron chi connectivity index (χ4n) is 3.14. The van der Waals surface area contributed by atoms with Crippen LogP contribution in [0.4, 0.5) is 4.79 Å². The van der Waals surface area contributed by atoms with Crippen molar-refractivity contribution >= 4 is 56.8 Å². The molecule has 0 unspecified atom stereocenters. The fourth-order valence-corrected chi connectivity index (χ4v) is 4.56. The molecule has 31 heavy (non-hydrogen) atoms. The minimum atomic E-state index is -0.546. The summed E-state index contributed by atoms with van der Waals surface area (Å²) >= 11 is 4.14. The highest BCUT2D eigenvalue weighted by atomic mass is 79.9. The molecule has 2 aliphatic heterocycles. The number of thioether (sulfide) groups is 1. The quantitative estimate of drug-likeness (QED) is 0.405. The number of hydrogen-bond donors (Lipinski definition) is 0. The van der Waals surface area contributed by atoms with Crippen LogP contribution < -0.4 is 9.47 Å². The van der Waals surface area contributed by atoms with Crippen molar-refractivity contribution in [3.63, 3.8) is 0 Å². The number of likely N-dealkylation sites (tertiary alicyclic amines) is 1. The lowest BCUT2D eigenvalue weighted by Gasteiger charge is -2.18. The summed E-state index contributed by atoms with van der Waals surface area (Å²) in [6, 6.07) is 3.28. The first-order chi connectivity index (χ1) is 14.8. The van der Waals surface area contributed by atoms with Gasteiger partial charge in [-0.3, -0.25) is 19.3 Å². The van der Waals surface area contributed by atoms with Crippen LogP contribution >= 0.6 is 27.7 Å². The van der Waals surface area contributed by atoms with E-state index in [1.165, 1.54) is 14.2 Å². The number of nitrogens with zero attached hydrogens (tertiary/aromatic N) is 2. The Hall–Kier alpha value is -2.53. The number of carbonyl (C=O) groups excluding carboxylic acids is 4. The molecular weight excluding hydrogens is 492 g/mol. The van der Waals surface area contributed by atoms with Crippen LogP contribution in [0.15, 0.2) is 21.5 Å². The molecule has 2 heterocycles. The first kappa shape index (κ1) is 23.1. The van der Waals surface area contributed by atoms with Gasteiger partial charge in [-0.25, -0.2) is 4.79 Å². The zero-order chi connectivity index (χ0) is 22.5. The molecule has 1 aromatic carbocycles. The maximum absolute atomic E-state index is 12.7. The van der Waals surface area contributed by atoms with E-state index >= 15 is 0 Å². The van der Waals surface area contributed by atoms with Crippen molar-refractivity contribution in [1.82, 2.24) is 9.80 Å². The zero-order valence-corrected chi connectivity index (χ0v) is 19.4. The summed E-state index contributed by atoms with van der Waals surface area (Å²) in [6.45, 7) is 0.760. The van der Waals surface area contributed by atoms with Gasteiger partial charge in [0.15, 0.2) is 18.1 Å². The molecule has 0 atom stereocenters. The molecule has 2 saturated heterocycles. The van der Waals surface area contributed by atoms with E-state index in [1.807, 2.05) is 0 Å². The van der Waals surface area contributed by atoms with Crippen LogP contribution in [0.5, 0.6) is 11.5 Å². The normalized spacial score (nSPS) is 17.5. The van der Waals surface area contributed by atoms with Gasteiger partial charge in [0.2, 0.25) is 5.91 Å². The average molecular weight is 513 g/mol. The highest BCUT2D eigenvalue weighted by Crippen LogP contribution is 2.39. The fraction of sp³-hybridized carbons (Fsp3) is 0.400. The van der Waals surface area contributed by atoms with Crippen LogP contribution in [-0.4, -0.2) is 73.3 Å². The summed E-state index contributed by atoms with van der Waals surface area (Å²) in [6.07, 6.45) is 3.41. The Morgan fingerprint density at radius 3 is 2.55 bits per heavy atom. The molecule has 0 saturated carbocycles. The van der Waals surface area contributed by atoms with Crippen molar-refractivity contribution in [3.05, 3.63) is 27.1 Å². The van der Waals surface area contributed by atoms with Crippen LogP contribution in [-0.2, 0) is 19.1 Å². The predicted octanol–water partition coefficient (Wildman–Crippen LogP) is 2.67. The first-order valence-electron chi connectivity index (χ1n) is 9.44. The Morgan fingerprint density at radius 2 is 1.90 bits per heavy atom. The van der Waals surface area contributed by atoms with Crippen molar-refractivity contribution in [2.24, 2.45) is 0 Å². The number of imide groups is 1. The Bertz CT molecular complexity index is 944. The largest absolute Gasteiger partial charge is 0.493 e. The van der Waals surface area contributed by atoms with Crippen molar-refractivity contribution in [2.75, 3.05) is 40.5 Å². The molecular formula is C20H21BrN2O7S.